The van der Waals surface area contributed by atoms with E-state index in [0.29, 0.717) is 23.5 Å². The van der Waals surface area contributed by atoms with Gasteiger partial charge in [0.1, 0.15) is 0 Å². The summed E-state index contributed by atoms with van der Waals surface area (Å²) in [6.07, 6.45) is 8.57. The van der Waals surface area contributed by atoms with Gasteiger partial charge in [0.05, 0.1) is 17.6 Å². The first-order chi connectivity index (χ1) is 12.6. The normalized spacial score (nSPS) is 14.6. The molecule has 6 nitrogen and oxygen atoms in total. The molecule has 0 radical (unpaired) electrons. The van der Waals surface area contributed by atoms with E-state index in [1.54, 1.807) is 24.4 Å². The molecule has 0 spiro atoms. The molecule has 1 saturated carbocycles. The zero-order chi connectivity index (χ0) is 18.4. The van der Waals surface area contributed by atoms with Crippen molar-refractivity contribution in [2.24, 2.45) is 5.92 Å². The van der Waals surface area contributed by atoms with Gasteiger partial charge in [0.15, 0.2) is 0 Å². The van der Waals surface area contributed by atoms with Crippen LogP contribution in [-0.4, -0.2) is 16.8 Å². The Hall–Kier alpha value is -2.89. The second-order valence-electron chi connectivity index (χ2n) is 6.67. The number of hydrogen-bond donors (Lipinski definition) is 3. The lowest BCUT2D eigenvalue weighted by Crippen LogP contribution is -2.31. The van der Waals surface area contributed by atoms with E-state index in [0.717, 1.165) is 31.2 Å². The molecule has 2 amide bonds. The van der Waals surface area contributed by atoms with Crippen LogP contribution in [0.25, 0.3) is 0 Å². The third-order valence-electron chi connectivity index (χ3n) is 4.76. The molecule has 1 aromatic carbocycles. The number of carbonyl (C=O) groups is 2. The van der Waals surface area contributed by atoms with Gasteiger partial charge in [-0.1, -0.05) is 31.4 Å². The van der Waals surface area contributed by atoms with Crippen LogP contribution in [0.15, 0.2) is 42.7 Å². The van der Waals surface area contributed by atoms with Crippen molar-refractivity contribution in [1.29, 1.82) is 0 Å². The summed E-state index contributed by atoms with van der Waals surface area (Å²) < 4.78 is 0. The van der Waals surface area contributed by atoms with Crippen LogP contribution in [0.3, 0.4) is 0 Å². The Morgan fingerprint density at radius 1 is 1.08 bits per heavy atom. The molecule has 1 fully saturated rings. The second kappa shape index (κ2) is 8.47. The summed E-state index contributed by atoms with van der Waals surface area (Å²) in [4.78, 5) is 28.4. The molecule has 1 aliphatic carbocycles. The van der Waals surface area contributed by atoms with Gasteiger partial charge in [-0.25, -0.2) is 0 Å². The minimum absolute atomic E-state index is 0.139. The highest BCUT2D eigenvalue weighted by atomic mass is 16.2. The van der Waals surface area contributed by atoms with E-state index >= 15 is 0 Å². The number of carbonyl (C=O) groups excluding carboxylic acids is 2. The monoisotopic (exact) mass is 352 g/mol. The maximum absolute atomic E-state index is 12.3. The molecule has 1 heterocycles. The van der Waals surface area contributed by atoms with Gasteiger partial charge >= 0.3 is 0 Å². The van der Waals surface area contributed by atoms with E-state index in [9.17, 15) is 9.59 Å². The maximum Gasteiger partial charge on any atom is 0.255 e. The number of nitrogens with zero attached hydrogens (tertiary/aromatic N) is 1. The Bertz CT molecular complexity index is 768. The molecule has 4 N–H and O–H groups in total. The summed E-state index contributed by atoms with van der Waals surface area (Å²) in [6.45, 7) is 0.481. The molecule has 0 unspecified atom stereocenters. The molecule has 136 valence electrons. The Balaban J connectivity index is 1.53. The number of nitrogens with two attached hydrogens (primary N) is 1. The zero-order valence-electron chi connectivity index (χ0n) is 14.7. The van der Waals surface area contributed by atoms with Gasteiger partial charge in [-0.2, -0.15) is 0 Å². The maximum atomic E-state index is 12.3. The van der Waals surface area contributed by atoms with Gasteiger partial charge in [0, 0.05) is 24.2 Å². The van der Waals surface area contributed by atoms with Crippen LogP contribution in [0.4, 0.5) is 11.4 Å². The lowest BCUT2D eigenvalue weighted by atomic mass is 9.88. The van der Waals surface area contributed by atoms with Gasteiger partial charge < -0.3 is 16.4 Å². The average molecular weight is 352 g/mol. The molecular weight excluding hydrogens is 328 g/mol. The molecular formula is C20H24N4O2. The van der Waals surface area contributed by atoms with Crippen molar-refractivity contribution in [1.82, 2.24) is 10.3 Å². The number of anilines is 2. The van der Waals surface area contributed by atoms with E-state index in [1.165, 1.54) is 12.6 Å². The second-order valence-corrected chi connectivity index (χ2v) is 6.67. The van der Waals surface area contributed by atoms with Crippen molar-refractivity contribution >= 4 is 23.2 Å². The predicted molar refractivity (Wildman–Crippen MR) is 101 cm³/mol. The van der Waals surface area contributed by atoms with Gasteiger partial charge in [-0.3, -0.25) is 14.6 Å². The molecule has 2 aromatic rings. The Morgan fingerprint density at radius 3 is 2.50 bits per heavy atom. The molecule has 1 aromatic heterocycles. The van der Waals surface area contributed by atoms with E-state index in [4.69, 9.17) is 5.73 Å². The van der Waals surface area contributed by atoms with E-state index in [1.807, 2.05) is 12.1 Å². The number of nitrogen functional groups attached to an aromatic ring is 1. The van der Waals surface area contributed by atoms with Crippen LogP contribution in [0.2, 0.25) is 0 Å². The minimum atomic E-state index is -0.235. The number of pyridine rings is 1. The third-order valence-corrected chi connectivity index (χ3v) is 4.76. The number of nitrogens with one attached hydrogen (secondary N) is 2. The van der Waals surface area contributed by atoms with Crippen molar-refractivity contribution in [3.05, 3.63) is 53.9 Å². The van der Waals surface area contributed by atoms with Crippen LogP contribution < -0.4 is 16.4 Å². The fourth-order valence-electron chi connectivity index (χ4n) is 3.19. The van der Waals surface area contributed by atoms with E-state index < -0.39 is 0 Å². The average Bonchev–Trinajstić information content (AvgIpc) is 2.69. The Kier molecular flexibility index (Phi) is 5.84. The van der Waals surface area contributed by atoms with Crippen molar-refractivity contribution in [3.63, 3.8) is 0 Å². The third kappa shape index (κ3) is 4.59. The number of aromatic nitrogens is 1. The standard InChI is InChI=1S/C20H24N4O2/c21-17-13-22-11-10-18(17)24-20(26)16-8-6-14(7-9-16)12-23-19(25)15-4-2-1-3-5-15/h6-11,13,15H,1-5,12,21H2,(H,23,25)(H,22,24,26). The summed E-state index contributed by atoms with van der Waals surface area (Å²) in [5.41, 5.74) is 8.24. The number of amides is 2. The fourth-order valence-corrected chi connectivity index (χ4v) is 3.19. The van der Waals surface area contributed by atoms with E-state index in [2.05, 4.69) is 15.6 Å². The van der Waals surface area contributed by atoms with Gasteiger partial charge in [-0.15, -0.1) is 0 Å². The van der Waals surface area contributed by atoms with Gasteiger partial charge in [0.2, 0.25) is 5.91 Å². The highest BCUT2D eigenvalue weighted by molar-refractivity contribution is 6.05. The first-order valence-corrected chi connectivity index (χ1v) is 9.01. The number of hydrogen-bond acceptors (Lipinski definition) is 4. The molecule has 26 heavy (non-hydrogen) atoms. The first kappa shape index (κ1) is 17.9. The summed E-state index contributed by atoms with van der Waals surface area (Å²) in [5, 5.41) is 5.77. The summed E-state index contributed by atoms with van der Waals surface area (Å²) in [7, 11) is 0. The summed E-state index contributed by atoms with van der Waals surface area (Å²) in [5.74, 6) is 0.0556. The zero-order valence-corrected chi connectivity index (χ0v) is 14.7. The molecule has 1 aliphatic rings. The fraction of sp³-hybridized carbons (Fsp3) is 0.350. The molecule has 0 aliphatic heterocycles. The molecule has 3 rings (SSSR count). The lowest BCUT2D eigenvalue weighted by Gasteiger charge is -2.20. The van der Waals surface area contributed by atoms with Crippen molar-refractivity contribution in [3.8, 4) is 0 Å². The van der Waals surface area contributed by atoms with Crippen LogP contribution >= 0.6 is 0 Å². The van der Waals surface area contributed by atoms with Crippen LogP contribution in [0.1, 0.15) is 48.0 Å². The van der Waals surface area contributed by atoms with Crippen LogP contribution in [-0.2, 0) is 11.3 Å². The SMILES string of the molecule is Nc1cnccc1NC(=O)c1ccc(CNC(=O)C2CCCCC2)cc1. The number of benzene rings is 1. The largest absolute Gasteiger partial charge is 0.396 e. The topological polar surface area (TPSA) is 97.1 Å². The molecule has 0 bridgehead atoms. The summed E-state index contributed by atoms with van der Waals surface area (Å²) in [6, 6.07) is 8.85. The van der Waals surface area contributed by atoms with Gasteiger partial charge in [-0.05, 0) is 36.6 Å². The molecule has 0 atom stereocenters. The highest BCUT2D eigenvalue weighted by Gasteiger charge is 2.20. The quantitative estimate of drug-likeness (QED) is 0.770. The van der Waals surface area contributed by atoms with Crippen LogP contribution in [0, 0.1) is 5.92 Å². The van der Waals surface area contributed by atoms with Crippen molar-refractivity contribution in [2.75, 3.05) is 11.1 Å². The summed E-state index contributed by atoms with van der Waals surface area (Å²) >= 11 is 0. The first-order valence-electron chi connectivity index (χ1n) is 9.01. The van der Waals surface area contributed by atoms with Gasteiger partial charge in [0.25, 0.3) is 5.91 Å². The smallest absolute Gasteiger partial charge is 0.255 e. The Labute approximate surface area is 153 Å². The van der Waals surface area contributed by atoms with E-state index in [-0.39, 0.29) is 17.7 Å². The minimum Gasteiger partial charge on any atom is -0.396 e. The molecule has 6 heteroatoms. The highest BCUT2D eigenvalue weighted by Crippen LogP contribution is 2.23. The number of rotatable bonds is 5. The van der Waals surface area contributed by atoms with Crippen molar-refractivity contribution in [2.45, 2.75) is 38.6 Å². The predicted octanol–water partition coefficient (Wildman–Crippen LogP) is 3.11. The lowest BCUT2D eigenvalue weighted by molar-refractivity contribution is -0.126. The van der Waals surface area contributed by atoms with Crippen LogP contribution in [0.5, 0.6) is 0 Å². The molecule has 0 saturated heterocycles. The van der Waals surface area contributed by atoms with Crippen molar-refractivity contribution < 1.29 is 9.59 Å². The Morgan fingerprint density at radius 2 is 1.81 bits per heavy atom.